The van der Waals surface area contributed by atoms with Crippen molar-refractivity contribution in [3.8, 4) is 39.9 Å². The lowest BCUT2D eigenvalue weighted by Gasteiger charge is -2.28. The molecule has 0 saturated heterocycles. The molecule has 0 aliphatic carbocycles. The van der Waals surface area contributed by atoms with Gasteiger partial charge < -0.3 is 28.5 Å². The van der Waals surface area contributed by atoms with Crippen LogP contribution in [0.4, 0.5) is 0 Å². The summed E-state index contributed by atoms with van der Waals surface area (Å²) < 4.78 is 29.0. The minimum absolute atomic E-state index is 0.0252. The Balaban J connectivity index is 1.77. The van der Waals surface area contributed by atoms with E-state index in [0.29, 0.717) is 33.8 Å². The molecule has 0 atom stereocenters. The van der Waals surface area contributed by atoms with Gasteiger partial charge in [-0.1, -0.05) is 12.1 Å². The molecule has 1 aromatic heterocycles. The smallest absolute Gasteiger partial charge is 0.181 e. The molecule has 32 heavy (non-hydrogen) atoms. The van der Waals surface area contributed by atoms with E-state index in [4.69, 9.17) is 23.4 Å². The van der Waals surface area contributed by atoms with Crippen LogP contribution in [0, 0.1) is 0 Å². The van der Waals surface area contributed by atoms with E-state index in [2.05, 4.69) is 12.1 Å². The number of hydrogen-bond acceptors (Lipinski definition) is 6. The second kappa shape index (κ2) is 7.12. The van der Waals surface area contributed by atoms with Crippen LogP contribution in [0.25, 0.3) is 39.1 Å². The van der Waals surface area contributed by atoms with Gasteiger partial charge in [-0.3, -0.25) is 0 Å². The molecule has 5 rings (SSSR count). The Labute approximate surface area is 185 Å². The van der Waals surface area contributed by atoms with Gasteiger partial charge in [-0.15, -0.1) is 0 Å². The van der Waals surface area contributed by atoms with Crippen molar-refractivity contribution in [3.63, 3.8) is 0 Å². The standard InChI is InChI=1S/C26H24O6/c1-26(2)9-8-15-10-14(6-7-19(15)32-26)16-12-22(29-4)23-17-11-18(27)21(28-3)13-20(17)31-25(23)24(16)30-5/h6-13,27H,1-5H3. The quantitative estimate of drug-likeness (QED) is 0.416. The van der Waals surface area contributed by atoms with Gasteiger partial charge in [0, 0.05) is 22.6 Å². The van der Waals surface area contributed by atoms with Crippen molar-refractivity contribution in [3.05, 3.63) is 48.0 Å². The number of hydrogen-bond donors (Lipinski definition) is 1. The van der Waals surface area contributed by atoms with Crippen molar-refractivity contribution in [2.45, 2.75) is 19.4 Å². The molecule has 1 aliphatic rings. The third kappa shape index (κ3) is 3.02. The van der Waals surface area contributed by atoms with Crippen LogP contribution in [-0.2, 0) is 0 Å². The van der Waals surface area contributed by atoms with Crippen LogP contribution in [0.15, 0.2) is 46.9 Å². The van der Waals surface area contributed by atoms with E-state index >= 15 is 0 Å². The van der Waals surface area contributed by atoms with Gasteiger partial charge in [0.15, 0.2) is 22.8 Å². The fourth-order valence-electron chi connectivity index (χ4n) is 4.20. The summed E-state index contributed by atoms with van der Waals surface area (Å²) in [6, 6.07) is 11.2. The maximum Gasteiger partial charge on any atom is 0.181 e. The van der Waals surface area contributed by atoms with Crippen molar-refractivity contribution in [2.75, 3.05) is 21.3 Å². The molecule has 0 bridgehead atoms. The maximum atomic E-state index is 10.3. The lowest BCUT2D eigenvalue weighted by molar-refractivity contribution is 0.159. The number of ether oxygens (including phenoxy) is 4. The number of phenolic OH excluding ortho intramolecular Hbond substituents is 1. The lowest BCUT2D eigenvalue weighted by Crippen LogP contribution is -2.27. The first-order valence-corrected chi connectivity index (χ1v) is 10.3. The number of furan rings is 1. The maximum absolute atomic E-state index is 10.3. The molecular weight excluding hydrogens is 408 g/mol. The van der Waals surface area contributed by atoms with Crippen LogP contribution >= 0.6 is 0 Å². The third-order valence-corrected chi connectivity index (χ3v) is 5.74. The summed E-state index contributed by atoms with van der Waals surface area (Å²) in [5.41, 5.74) is 3.52. The minimum atomic E-state index is -0.338. The van der Waals surface area contributed by atoms with Crippen LogP contribution in [-0.4, -0.2) is 32.0 Å². The van der Waals surface area contributed by atoms with E-state index in [1.807, 2.05) is 38.1 Å². The van der Waals surface area contributed by atoms with Crippen molar-refractivity contribution in [2.24, 2.45) is 0 Å². The van der Waals surface area contributed by atoms with Gasteiger partial charge >= 0.3 is 0 Å². The summed E-state index contributed by atoms with van der Waals surface area (Å²) in [6.07, 6.45) is 4.11. The monoisotopic (exact) mass is 432 g/mol. The van der Waals surface area contributed by atoms with E-state index in [1.165, 1.54) is 7.11 Å². The highest BCUT2D eigenvalue weighted by molar-refractivity contribution is 6.13. The zero-order valence-corrected chi connectivity index (χ0v) is 18.6. The van der Waals surface area contributed by atoms with Gasteiger partial charge in [-0.05, 0) is 49.8 Å². The Morgan fingerprint density at radius 3 is 2.41 bits per heavy atom. The summed E-state index contributed by atoms with van der Waals surface area (Å²) in [6.45, 7) is 4.05. The summed E-state index contributed by atoms with van der Waals surface area (Å²) in [5, 5.41) is 11.7. The molecule has 0 fully saturated rings. The first-order chi connectivity index (χ1) is 15.3. The number of aromatic hydroxyl groups is 1. The molecule has 0 radical (unpaired) electrons. The largest absolute Gasteiger partial charge is 0.504 e. The van der Waals surface area contributed by atoms with Gasteiger partial charge in [0.25, 0.3) is 0 Å². The van der Waals surface area contributed by atoms with Crippen molar-refractivity contribution in [1.29, 1.82) is 0 Å². The van der Waals surface area contributed by atoms with Gasteiger partial charge in [0.1, 0.15) is 22.7 Å². The van der Waals surface area contributed by atoms with E-state index in [9.17, 15) is 5.11 Å². The number of benzene rings is 3. The zero-order chi connectivity index (χ0) is 22.6. The molecule has 2 heterocycles. The van der Waals surface area contributed by atoms with Crippen LogP contribution in [0.5, 0.6) is 28.7 Å². The van der Waals surface area contributed by atoms with Crippen molar-refractivity contribution in [1.82, 2.24) is 0 Å². The number of methoxy groups -OCH3 is 3. The summed E-state index contributed by atoms with van der Waals surface area (Å²) in [7, 11) is 4.72. The highest BCUT2D eigenvalue weighted by atomic mass is 16.5. The summed E-state index contributed by atoms with van der Waals surface area (Å²) >= 11 is 0. The van der Waals surface area contributed by atoms with Crippen molar-refractivity contribution >= 4 is 28.0 Å². The van der Waals surface area contributed by atoms with Gasteiger partial charge in [0.2, 0.25) is 0 Å². The average molecular weight is 432 g/mol. The van der Waals surface area contributed by atoms with Crippen LogP contribution < -0.4 is 18.9 Å². The predicted octanol–water partition coefficient (Wildman–Crippen LogP) is 6.17. The molecule has 0 unspecified atom stereocenters. The molecule has 0 amide bonds. The Kier molecular flexibility index (Phi) is 4.48. The van der Waals surface area contributed by atoms with Gasteiger partial charge in [-0.25, -0.2) is 0 Å². The third-order valence-electron chi connectivity index (χ3n) is 5.74. The summed E-state index contributed by atoms with van der Waals surface area (Å²) in [5.74, 6) is 2.39. The zero-order valence-electron chi connectivity index (χ0n) is 18.6. The number of rotatable bonds is 4. The molecule has 1 N–H and O–H groups in total. The topological polar surface area (TPSA) is 70.3 Å². The minimum Gasteiger partial charge on any atom is -0.504 e. The molecule has 6 heteroatoms. The molecule has 0 saturated carbocycles. The predicted molar refractivity (Wildman–Crippen MR) is 124 cm³/mol. The van der Waals surface area contributed by atoms with E-state index < -0.39 is 0 Å². The van der Waals surface area contributed by atoms with E-state index in [1.54, 1.807) is 26.4 Å². The van der Waals surface area contributed by atoms with Gasteiger partial charge in [0.05, 0.1) is 26.7 Å². The lowest BCUT2D eigenvalue weighted by atomic mass is 9.96. The number of fused-ring (bicyclic) bond motifs is 4. The molecule has 4 aromatic rings. The Hall–Kier alpha value is -3.80. The first-order valence-electron chi connectivity index (χ1n) is 10.3. The fourth-order valence-corrected chi connectivity index (χ4v) is 4.20. The second-order valence-electron chi connectivity index (χ2n) is 8.28. The molecule has 3 aromatic carbocycles. The molecular formula is C26H24O6. The first kappa shape index (κ1) is 20.1. The molecule has 1 aliphatic heterocycles. The molecule has 164 valence electrons. The summed E-state index contributed by atoms with van der Waals surface area (Å²) in [4.78, 5) is 0. The van der Waals surface area contributed by atoms with Crippen LogP contribution in [0.2, 0.25) is 0 Å². The number of phenols is 1. The molecule has 0 spiro atoms. The van der Waals surface area contributed by atoms with Crippen LogP contribution in [0.1, 0.15) is 19.4 Å². The average Bonchev–Trinajstić information content (AvgIpc) is 3.14. The Morgan fingerprint density at radius 1 is 0.906 bits per heavy atom. The molecule has 6 nitrogen and oxygen atoms in total. The SMILES string of the molecule is COc1cc2oc3c(OC)c(-c4ccc5c(c4)C=CC(C)(C)O5)cc(OC)c3c2cc1O. The van der Waals surface area contributed by atoms with Crippen LogP contribution in [0.3, 0.4) is 0 Å². The second-order valence-corrected chi connectivity index (χ2v) is 8.28. The Morgan fingerprint density at radius 2 is 1.69 bits per heavy atom. The van der Waals surface area contributed by atoms with Crippen molar-refractivity contribution < 1.29 is 28.5 Å². The fraction of sp³-hybridized carbons (Fsp3) is 0.231. The van der Waals surface area contributed by atoms with E-state index in [0.717, 1.165) is 27.8 Å². The van der Waals surface area contributed by atoms with Gasteiger partial charge in [-0.2, -0.15) is 0 Å². The highest BCUT2D eigenvalue weighted by Crippen LogP contribution is 2.48. The van der Waals surface area contributed by atoms with E-state index in [-0.39, 0.29) is 11.4 Å². The highest BCUT2D eigenvalue weighted by Gasteiger charge is 2.25. The Bertz CT molecular complexity index is 1390. The normalized spacial score (nSPS) is 14.3.